The Morgan fingerprint density at radius 1 is 1.11 bits per heavy atom. The Kier molecular flexibility index (Phi) is 5.45. The number of nitriles is 1. The topological polar surface area (TPSA) is 105 Å². The van der Waals surface area contributed by atoms with Crippen molar-refractivity contribution in [1.29, 1.82) is 5.26 Å². The average molecular weight is 380 g/mol. The van der Waals surface area contributed by atoms with Gasteiger partial charge >= 0.3 is 0 Å². The van der Waals surface area contributed by atoms with Gasteiger partial charge in [-0.25, -0.2) is 18.1 Å². The molecule has 0 saturated heterocycles. The van der Waals surface area contributed by atoms with E-state index in [9.17, 15) is 8.42 Å². The van der Waals surface area contributed by atoms with Crippen LogP contribution in [-0.2, 0) is 16.6 Å². The number of pyridine rings is 2. The van der Waals surface area contributed by atoms with E-state index in [-0.39, 0.29) is 17.0 Å². The van der Waals surface area contributed by atoms with Crippen molar-refractivity contribution in [3.63, 3.8) is 0 Å². The molecule has 2 heterocycles. The lowest BCUT2D eigenvalue weighted by Crippen LogP contribution is -2.24. The Morgan fingerprint density at radius 3 is 2.67 bits per heavy atom. The summed E-state index contributed by atoms with van der Waals surface area (Å²) in [5.74, 6) is 0.548. The van der Waals surface area contributed by atoms with Gasteiger partial charge in [0, 0.05) is 18.3 Å². The summed E-state index contributed by atoms with van der Waals surface area (Å²) in [7, 11) is -2.26. The fourth-order valence-electron chi connectivity index (χ4n) is 2.40. The van der Waals surface area contributed by atoms with Gasteiger partial charge in [-0.2, -0.15) is 5.26 Å². The van der Waals surface area contributed by atoms with Gasteiger partial charge in [0.05, 0.1) is 47.3 Å². The molecule has 3 aromatic rings. The molecule has 0 spiro atoms. The van der Waals surface area contributed by atoms with Gasteiger partial charge in [-0.05, 0) is 30.3 Å². The van der Waals surface area contributed by atoms with Crippen LogP contribution in [0.4, 0.5) is 0 Å². The highest BCUT2D eigenvalue weighted by Gasteiger charge is 2.15. The lowest BCUT2D eigenvalue weighted by molar-refractivity contribution is 0.413. The molecule has 0 aliphatic rings. The third kappa shape index (κ3) is 4.47. The largest absolute Gasteiger partial charge is 0.497 e. The molecule has 2 aromatic heterocycles. The van der Waals surface area contributed by atoms with Crippen LogP contribution in [0.2, 0.25) is 0 Å². The summed E-state index contributed by atoms with van der Waals surface area (Å²) in [5.41, 5.74) is 1.99. The Balaban J connectivity index is 1.86. The molecule has 0 aliphatic carbocycles. The van der Waals surface area contributed by atoms with Gasteiger partial charge in [0.1, 0.15) is 5.75 Å². The van der Waals surface area contributed by atoms with Crippen LogP contribution in [0.3, 0.4) is 0 Å². The number of methoxy groups -OCH3 is 1. The van der Waals surface area contributed by atoms with E-state index in [1.165, 1.54) is 25.3 Å². The molecule has 0 aliphatic heterocycles. The number of hydrogen-bond donors (Lipinski definition) is 1. The van der Waals surface area contributed by atoms with Crippen LogP contribution < -0.4 is 9.46 Å². The number of sulfonamides is 1. The fraction of sp³-hybridized carbons (Fsp3) is 0.105. The summed E-state index contributed by atoms with van der Waals surface area (Å²) in [6.45, 7) is -0.0316. The highest BCUT2D eigenvalue weighted by atomic mass is 32.2. The summed E-state index contributed by atoms with van der Waals surface area (Å²) < 4.78 is 32.8. The van der Waals surface area contributed by atoms with Crippen molar-refractivity contribution in [2.45, 2.75) is 11.4 Å². The summed E-state index contributed by atoms with van der Waals surface area (Å²) in [6.07, 6.45) is 1.65. The van der Waals surface area contributed by atoms with E-state index in [4.69, 9.17) is 10.00 Å². The summed E-state index contributed by atoms with van der Waals surface area (Å²) in [4.78, 5) is 8.74. The maximum Gasteiger partial charge on any atom is 0.240 e. The van der Waals surface area contributed by atoms with Crippen molar-refractivity contribution in [2.75, 3.05) is 7.11 Å². The number of hydrogen-bond acceptors (Lipinski definition) is 6. The molecule has 0 fully saturated rings. The molecular weight excluding hydrogens is 364 g/mol. The van der Waals surface area contributed by atoms with Gasteiger partial charge in [0.25, 0.3) is 0 Å². The molecule has 1 N–H and O–H groups in total. The quantitative estimate of drug-likeness (QED) is 0.704. The molecule has 0 amide bonds. The van der Waals surface area contributed by atoms with Gasteiger partial charge in [-0.15, -0.1) is 0 Å². The first kappa shape index (κ1) is 18.5. The minimum absolute atomic E-state index is 0.0226. The zero-order chi connectivity index (χ0) is 19.3. The zero-order valence-electron chi connectivity index (χ0n) is 14.5. The predicted molar refractivity (Wildman–Crippen MR) is 99.2 cm³/mol. The van der Waals surface area contributed by atoms with Crippen LogP contribution in [0.5, 0.6) is 5.75 Å². The van der Waals surface area contributed by atoms with Crippen molar-refractivity contribution in [2.24, 2.45) is 0 Å². The SMILES string of the molecule is COc1cc(CNS(=O)(=O)c2cccc(C#N)c2)nc(-c2ccccn2)c1. The molecule has 8 heteroatoms. The van der Waals surface area contributed by atoms with Crippen LogP contribution >= 0.6 is 0 Å². The van der Waals surface area contributed by atoms with E-state index in [0.29, 0.717) is 22.8 Å². The smallest absolute Gasteiger partial charge is 0.240 e. The van der Waals surface area contributed by atoms with Crippen molar-refractivity contribution in [3.05, 3.63) is 72.1 Å². The van der Waals surface area contributed by atoms with E-state index >= 15 is 0 Å². The predicted octanol–water partition coefficient (Wildman–Crippen LogP) is 2.50. The summed E-state index contributed by atoms with van der Waals surface area (Å²) in [6, 6.07) is 16.6. The first-order valence-corrected chi connectivity index (χ1v) is 9.46. The monoisotopic (exact) mass is 380 g/mol. The summed E-state index contributed by atoms with van der Waals surface area (Å²) >= 11 is 0. The van der Waals surface area contributed by atoms with Gasteiger partial charge in [0.15, 0.2) is 0 Å². The highest BCUT2D eigenvalue weighted by Crippen LogP contribution is 2.22. The Labute approximate surface area is 157 Å². The van der Waals surface area contributed by atoms with E-state index in [1.807, 2.05) is 18.2 Å². The van der Waals surface area contributed by atoms with Crippen molar-refractivity contribution in [3.8, 4) is 23.2 Å². The molecule has 7 nitrogen and oxygen atoms in total. The maximum atomic E-state index is 12.5. The van der Waals surface area contributed by atoms with E-state index in [0.717, 1.165) is 0 Å². The first-order chi connectivity index (χ1) is 13.0. The molecule has 27 heavy (non-hydrogen) atoms. The Morgan fingerprint density at radius 2 is 1.96 bits per heavy atom. The molecule has 0 bridgehead atoms. The van der Waals surface area contributed by atoms with Crippen LogP contribution in [-0.4, -0.2) is 25.5 Å². The van der Waals surface area contributed by atoms with Gasteiger partial charge in [-0.1, -0.05) is 12.1 Å². The van der Waals surface area contributed by atoms with Crippen LogP contribution in [0, 0.1) is 11.3 Å². The number of nitrogens with zero attached hydrogens (tertiary/aromatic N) is 3. The minimum Gasteiger partial charge on any atom is -0.497 e. The number of rotatable bonds is 6. The van der Waals surface area contributed by atoms with E-state index < -0.39 is 10.0 Å². The molecular formula is C19H16N4O3S. The third-order valence-electron chi connectivity index (χ3n) is 3.73. The van der Waals surface area contributed by atoms with Crippen LogP contribution in [0.15, 0.2) is 65.7 Å². The van der Waals surface area contributed by atoms with Crippen molar-refractivity contribution in [1.82, 2.24) is 14.7 Å². The molecule has 3 rings (SSSR count). The molecule has 0 saturated carbocycles. The van der Waals surface area contributed by atoms with Gasteiger partial charge in [-0.3, -0.25) is 4.98 Å². The second-order valence-electron chi connectivity index (χ2n) is 5.56. The lowest BCUT2D eigenvalue weighted by Gasteiger charge is -2.10. The minimum atomic E-state index is -3.79. The van der Waals surface area contributed by atoms with Gasteiger partial charge in [0.2, 0.25) is 10.0 Å². The Hall–Kier alpha value is -3.28. The van der Waals surface area contributed by atoms with Crippen LogP contribution in [0.1, 0.15) is 11.3 Å². The van der Waals surface area contributed by atoms with Crippen molar-refractivity contribution >= 4 is 10.0 Å². The van der Waals surface area contributed by atoms with E-state index in [2.05, 4.69) is 14.7 Å². The second-order valence-corrected chi connectivity index (χ2v) is 7.33. The number of ether oxygens (including phenoxy) is 1. The number of benzene rings is 1. The second kappa shape index (κ2) is 7.95. The highest BCUT2D eigenvalue weighted by molar-refractivity contribution is 7.89. The number of nitrogens with one attached hydrogen (secondary N) is 1. The number of aromatic nitrogens is 2. The zero-order valence-corrected chi connectivity index (χ0v) is 15.3. The molecule has 0 unspecified atom stereocenters. The standard InChI is InChI=1S/C19H16N4O3S/c1-26-16-10-15(23-19(11-16)18-7-2-3-8-21-18)13-22-27(24,25)17-6-4-5-14(9-17)12-20/h2-11,22H,13H2,1H3. The molecule has 0 radical (unpaired) electrons. The first-order valence-electron chi connectivity index (χ1n) is 7.98. The van der Waals surface area contributed by atoms with Crippen molar-refractivity contribution < 1.29 is 13.2 Å². The molecule has 1 aromatic carbocycles. The van der Waals surface area contributed by atoms with Gasteiger partial charge < -0.3 is 4.74 Å². The third-order valence-corrected chi connectivity index (χ3v) is 5.13. The normalized spacial score (nSPS) is 11.0. The van der Waals surface area contributed by atoms with E-state index in [1.54, 1.807) is 30.5 Å². The maximum absolute atomic E-state index is 12.5. The lowest BCUT2D eigenvalue weighted by atomic mass is 10.2. The molecule has 0 atom stereocenters. The fourth-order valence-corrected chi connectivity index (χ4v) is 3.44. The Bertz CT molecular complexity index is 1090. The summed E-state index contributed by atoms with van der Waals surface area (Å²) in [5, 5.41) is 8.94. The molecule has 136 valence electrons. The average Bonchev–Trinajstić information content (AvgIpc) is 2.72. The van der Waals surface area contributed by atoms with Crippen LogP contribution in [0.25, 0.3) is 11.4 Å².